The van der Waals surface area contributed by atoms with Gasteiger partial charge in [0.1, 0.15) is 10.8 Å². The van der Waals surface area contributed by atoms with Crippen LogP contribution >= 0.6 is 23.1 Å². The van der Waals surface area contributed by atoms with Gasteiger partial charge in [0.25, 0.3) is 0 Å². The van der Waals surface area contributed by atoms with E-state index < -0.39 is 5.97 Å². The van der Waals surface area contributed by atoms with Crippen LogP contribution in [0, 0.1) is 0 Å². The zero-order valence-electron chi connectivity index (χ0n) is 8.26. The first-order valence-electron chi connectivity index (χ1n) is 4.42. The van der Waals surface area contributed by atoms with Crippen molar-refractivity contribution in [3.63, 3.8) is 0 Å². The number of thioether (sulfide) groups is 1. The van der Waals surface area contributed by atoms with E-state index in [4.69, 9.17) is 0 Å². The minimum absolute atomic E-state index is 0.131. The Balaban J connectivity index is 2.22. The maximum absolute atomic E-state index is 11.3. The highest BCUT2D eigenvalue weighted by Gasteiger charge is 2.11. The fourth-order valence-corrected chi connectivity index (χ4v) is 2.35. The van der Waals surface area contributed by atoms with Crippen LogP contribution in [-0.4, -0.2) is 29.1 Å². The zero-order valence-corrected chi connectivity index (χ0v) is 9.90. The van der Waals surface area contributed by atoms with E-state index in [-0.39, 0.29) is 18.0 Å². The number of ether oxygens (including phenoxy) is 1. The Bertz CT molecular complexity index is 324. The van der Waals surface area contributed by atoms with Crippen molar-refractivity contribution in [2.45, 2.75) is 17.7 Å². The van der Waals surface area contributed by atoms with Crippen molar-refractivity contribution in [3.8, 4) is 0 Å². The van der Waals surface area contributed by atoms with Crippen LogP contribution in [-0.2, 0) is 14.3 Å². The summed E-state index contributed by atoms with van der Waals surface area (Å²) in [5, 5.41) is 1.85. The fraction of sp³-hybridized carbons (Fsp3) is 0.444. The smallest absolute Gasteiger partial charge is 0.313 e. The van der Waals surface area contributed by atoms with Gasteiger partial charge in [0, 0.05) is 11.6 Å². The first-order valence-corrected chi connectivity index (χ1v) is 6.28. The first-order chi connectivity index (χ1) is 7.22. The van der Waals surface area contributed by atoms with E-state index in [1.165, 1.54) is 23.1 Å². The molecule has 1 aromatic rings. The average Bonchev–Trinajstić information content (AvgIpc) is 2.67. The number of ketones is 1. The van der Waals surface area contributed by atoms with Crippen molar-refractivity contribution in [1.82, 2.24) is 4.98 Å². The van der Waals surface area contributed by atoms with Gasteiger partial charge in [-0.25, -0.2) is 4.98 Å². The lowest BCUT2D eigenvalue weighted by molar-refractivity contribution is -0.145. The summed E-state index contributed by atoms with van der Waals surface area (Å²) in [4.78, 5) is 26.2. The Labute approximate surface area is 96.0 Å². The van der Waals surface area contributed by atoms with E-state index in [1.54, 1.807) is 13.1 Å². The molecule has 6 heteroatoms. The van der Waals surface area contributed by atoms with Gasteiger partial charge in [-0.05, 0) is 6.92 Å². The van der Waals surface area contributed by atoms with Crippen LogP contribution in [0.15, 0.2) is 15.9 Å². The van der Waals surface area contributed by atoms with Crippen LogP contribution in [0.4, 0.5) is 0 Å². The molecule has 0 aliphatic carbocycles. The number of Topliss-reactive ketones (excluding diaryl/α,β-unsaturated/α-hetero) is 1. The summed E-state index contributed by atoms with van der Waals surface area (Å²) in [6, 6.07) is 0. The second-order valence-corrected chi connectivity index (χ2v) is 4.72. The number of hydrogen-bond acceptors (Lipinski definition) is 6. The van der Waals surface area contributed by atoms with Crippen LogP contribution in [0.2, 0.25) is 0 Å². The first kappa shape index (κ1) is 12.2. The predicted molar refractivity (Wildman–Crippen MR) is 59.1 cm³/mol. The standard InChI is InChI=1S/C9H11NO3S2/c1-2-13-8(12)5-7(11)6-15-9-10-3-4-14-9/h3-4H,2,5-6H2,1H3. The van der Waals surface area contributed by atoms with Gasteiger partial charge in [-0.1, -0.05) is 11.8 Å². The van der Waals surface area contributed by atoms with E-state index in [2.05, 4.69) is 9.72 Å². The molecule has 0 fully saturated rings. The highest BCUT2D eigenvalue weighted by atomic mass is 32.2. The largest absolute Gasteiger partial charge is 0.466 e. The Morgan fingerprint density at radius 3 is 3.00 bits per heavy atom. The molecule has 0 saturated heterocycles. The van der Waals surface area contributed by atoms with Crippen molar-refractivity contribution in [3.05, 3.63) is 11.6 Å². The molecule has 15 heavy (non-hydrogen) atoms. The highest BCUT2D eigenvalue weighted by molar-refractivity contribution is 8.01. The summed E-state index contributed by atoms with van der Waals surface area (Å²) >= 11 is 2.82. The lowest BCUT2D eigenvalue weighted by Gasteiger charge is -1.99. The number of carbonyl (C=O) groups excluding carboxylic acids is 2. The highest BCUT2D eigenvalue weighted by Crippen LogP contribution is 2.20. The maximum Gasteiger partial charge on any atom is 0.313 e. The molecular weight excluding hydrogens is 234 g/mol. The molecule has 0 unspecified atom stereocenters. The zero-order chi connectivity index (χ0) is 11.1. The van der Waals surface area contributed by atoms with E-state index in [0.717, 1.165) is 4.34 Å². The molecule has 0 aromatic carbocycles. The van der Waals surface area contributed by atoms with Crippen LogP contribution in [0.3, 0.4) is 0 Å². The molecule has 1 heterocycles. The Kier molecular flexibility index (Phi) is 5.34. The quantitative estimate of drug-likeness (QED) is 0.434. The normalized spacial score (nSPS) is 9.93. The topological polar surface area (TPSA) is 56.3 Å². The van der Waals surface area contributed by atoms with Gasteiger partial charge < -0.3 is 4.74 Å². The Morgan fingerprint density at radius 2 is 2.40 bits per heavy atom. The van der Waals surface area contributed by atoms with E-state index in [0.29, 0.717) is 6.61 Å². The Hall–Kier alpha value is -0.880. The van der Waals surface area contributed by atoms with Crippen LogP contribution in [0.25, 0.3) is 0 Å². The molecule has 0 radical (unpaired) electrons. The minimum Gasteiger partial charge on any atom is -0.466 e. The van der Waals surface area contributed by atoms with Gasteiger partial charge in [-0.3, -0.25) is 9.59 Å². The van der Waals surface area contributed by atoms with Gasteiger partial charge in [-0.15, -0.1) is 11.3 Å². The molecule has 0 aliphatic heterocycles. The summed E-state index contributed by atoms with van der Waals surface area (Å²) in [7, 11) is 0. The number of thiazole rings is 1. The average molecular weight is 245 g/mol. The fourth-order valence-electron chi connectivity index (χ4n) is 0.848. The third kappa shape index (κ3) is 4.94. The molecular formula is C9H11NO3S2. The van der Waals surface area contributed by atoms with Crippen molar-refractivity contribution >= 4 is 34.9 Å². The predicted octanol–water partition coefficient (Wildman–Crippen LogP) is 1.76. The SMILES string of the molecule is CCOC(=O)CC(=O)CSc1nccs1. The Morgan fingerprint density at radius 1 is 1.60 bits per heavy atom. The number of rotatable bonds is 6. The van der Waals surface area contributed by atoms with Gasteiger partial charge in [-0.2, -0.15) is 0 Å². The van der Waals surface area contributed by atoms with Crippen molar-refractivity contribution in [1.29, 1.82) is 0 Å². The van der Waals surface area contributed by atoms with Gasteiger partial charge in [0.05, 0.1) is 12.4 Å². The third-order valence-corrected chi connectivity index (χ3v) is 3.44. The van der Waals surface area contributed by atoms with Gasteiger partial charge in [0.2, 0.25) is 0 Å². The molecule has 0 saturated carbocycles. The second-order valence-electron chi connectivity index (χ2n) is 2.61. The lowest BCUT2D eigenvalue weighted by Crippen LogP contribution is -2.12. The molecule has 1 aromatic heterocycles. The summed E-state index contributed by atoms with van der Waals surface area (Å²) in [6.07, 6.45) is 1.54. The molecule has 0 amide bonds. The molecule has 0 N–H and O–H groups in total. The van der Waals surface area contributed by atoms with Crippen LogP contribution in [0.5, 0.6) is 0 Å². The molecule has 0 bridgehead atoms. The third-order valence-electron chi connectivity index (χ3n) is 1.41. The molecule has 0 aliphatic rings. The number of carbonyl (C=O) groups is 2. The second kappa shape index (κ2) is 6.58. The number of aromatic nitrogens is 1. The summed E-state index contributed by atoms with van der Waals surface area (Å²) in [6.45, 7) is 2.03. The van der Waals surface area contributed by atoms with Gasteiger partial charge >= 0.3 is 5.97 Å². The van der Waals surface area contributed by atoms with Crippen molar-refractivity contribution in [2.75, 3.05) is 12.4 Å². The van der Waals surface area contributed by atoms with Crippen LogP contribution in [0.1, 0.15) is 13.3 Å². The van der Waals surface area contributed by atoms with Crippen molar-refractivity contribution in [2.24, 2.45) is 0 Å². The van der Waals surface area contributed by atoms with E-state index >= 15 is 0 Å². The minimum atomic E-state index is -0.456. The van der Waals surface area contributed by atoms with E-state index in [1.807, 2.05) is 5.38 Å². The molecule has 1 rings (SSSR count). The van der Waals surface area contributed by atoms with Gasteiger partial charge in [0.15, 0.2) is 5.78 Å². The summed E-state index contributed by atoms with van der Waals surface area (Å²) < 4.78 is 5.51. The molecule has 4 nitrogen and oxygen atoms in total. The molecule has 0 atom stereocenters. The maximum atomic E-state index is 11.3. The molecule has 0 spiro atoms. The number of nitrogens with zero attached hydrogens (tertiary/aromatic N) is 1. The summed E-state index contributed by atoms with van der Waals surface area (Å²) in [5.41, 5.74) is 0. The molecule has 82 valence electrons. The number of esters is 1. The van der Waals surface area contributed by atoms with E-state index in [9.17, 15) is 9.59 Å². The van der Waals surface area contributed by atoms with Crippen LogP contribution < -0.4 is 0 Å². The monoisotopic (exact) mass is 245 g/mol. The van der Waals surface area contributed by atoms with Crippen molar-refractivity contribution < 1.29 is 14.3 Å². The summed E-state index contributed by atoms with van der Waals surface area (Å²) in [5.74, 6) is -0.317. The lowest BCUT2D eigenvalue weighted by atomic mass is 10.3. The number of hydrogen-bond donors (Lipinski definition) is 0.